The van der Waals surface area contributed by atoms with Gasteiger partial charge in [0.2, 0.25) is 21.8 Å². The normalized spacial score (nSPS) is 13.1. The van der Waals surface area contributed by atoms with Gasteiger partial charge in [-0.1, -0.05) is 50.2 Å². The van der Waals surface area contributed by atoms with E-state index in [0.29, 0.717) is 5.69 Å². The molecule has 186 valence electrons. The van der Waals surface area contributed by atoms with Crippen LogP contribution in [0.1, 0.15) is 50.8 Å². The van der Waals surface area contributed by atoms with E-state index in [1.807, 2.05) is 64.1 Å². The first-order chi connectivity index (χ1) is 16.0. The molecule has 0 saturated carbocycles. The number of anilines is 1. The van der Waals surface area contributed by atoms with Crippen molar-refractivity contribution in [3.8, 4) is 0 Å². The second-order valence-electron chi connectivity index (χ2n) is 8.73. The lowest BCUT2D eigenvalue weighted by molar-refractivity contribution is -0.139. The molecule has 0 heterocycles. The van der Waals surface area contributed by atoms with E-state index in [0.717, 1.165) is 40.1 Å². The summed E-state index contributed by atoms with van der Waals surface area (Å²) < 4.78 is 26.3. The first-order valence-corrected chi connectivity index (χ1v) is 13.5. The molecule has 0 aliphatic rings. The summed E-state index contributed by atoms with van der Waals surface area (Å²) in [7, 11) is -3.73. The van der Waals surface area contributed by atoms with E-state index in [-0.39, 0.29) is 18.5 Å². The fourth-order valence-corrected chi connectivity index (χ4v) is 4.38. The molecule has 0 spiro atoms. The number of benzene rings is 2. The molecule has 8 heteroatoms. The molecule has 0 aliphatic carbocycles. The molecular formula is C26H37N3O4S. The molecule has 1 N–H and O–H groups in total. The second kappa shape index (κ2) is 12.0. The number of rotatable bonds is 11. The van der Waals surface area contributed by atoms with Gasteiger partial charge in [0.1, 0.15) is 12.6 Å². The van der Waals surface area contributed by atoms with Crippen LogP contribution in [0, 0.1) is 6.92 Å². The third kappa shape index (κ3) is 7.32. The SMILES string of the molecule is CCc1ccc(N(CC(=O)N(Cc2ccccc2C)[C@H](C)C(=O)N[C@@H](C)CC)S(C)(=O)=O)cc1. The van der Waals surface area contributed by atoms with Crippen molar-refractivity contribution in [1.82, 2.24) is 10.2 Å². The number of nitrogens with one attached hydrogen (secondary N) is 1. The molecule has 0 fully saturated rings. The zero-order valence-corrected chi connectivity index (χ0v) is 21.9. The number of nitrogens with zero attached hydrogens (tertiary/aromatic N) is 2. The summed E-state index contributed by atoms with van der Waals surface area (Å²) in [6, 6.07) is 14.0. The van der Waals surface area contributed by atoms with Gasteiger partial charge in [-0.2, -0.15) is 0 Å². The first kappa shape index (κ1) is 27.4. The van der Waals surface area contributed by atoms with E-state index in [9.17, 15) is 18.0 Å². The Labute approximate surface area is 204 Å². The monoisotopic (exact) mass is 487 g/mol. The lowest BCUT2D eigenvalue weighted by Crippen LogP contribution is -2.52. The van der Waals surface area contributed by atoms with E-state index in [2.05, 4.69) is 5.32 Å². The predicted molar refractivity (Wildman–Crippen MR) is 137 cm³/mol. The molecule has 2 aromatic carbocycles. The molecule has 0 aromatic heterocycles. The van der Waals surface area contributed by atoms with Crippen LogP contribution in [0.4, 0.5) is 5.69 Å². The average Bonchev–Trinajstić information content (AvgIpc) is 2.80. The van der Waals surface area contributed by atoms with Gasteiger partial charge in [-0.15, -0.1) is 0 Å². The van der Waals surface area contributed by atoms with Gasteiger partial charge in [-0.3, -0.25) is 13.9 Å². The van der Waals surface area contributed by atoms with E-state index in [4.69, 9.17) is 0 Å². The maximum atomic E-state index is 13.6. The molecule has 2 rings (SSSR count). The van der Waals surface area contributed by atoms with Gasteiger partial charge >= 0.3 is 0 Å². The van der Waals surface area contributed by atoms with Crippen molar-refractivity contribution < 1.29 is 18.0 Å². The highest BCUT2D eigenvalue weighted by molar-refractivity contribution is 7.92. The van der Waals surface area contributed by atoms with Gasteiger partial charge in [-0.25, -0.2) is 8.42 Å². The van der Waals surface area contributed by atoms with Gasteiger partial charge in [0.05, 0.1) is 11.9 Å². The predicted octanol–water partition coefficient (Wildman–Crippen LogP) is 3.66. The maximum absolute atomic E-state index is 13.6. The summed E-state index contributed by atoms with van der Waals surface area (Å²) in [5.74, 6) is -0.713. The molecule has 2 aromatic rings. The van der Waals surface area contributed by atoms with Crippen molar-refractivity contribution in [2.75, 3.05) is 17.1 Å². The van der Waals surface area contributed by atoms with Crippen LogP contribution in [0.3, 0.4) is 0 Å². The standard InChI is InChI=1S/C26H37N3O4S/c1-7-20(4)27-26(31)21(5)28(17-23-12-10-9-11-19(23)3)25(30)18-29(34(6,32)33)24-15-13-22(8-2)14-16-24/h9-16,20-21H,7-8,17-18H2,1-6H3,(H,27,31)/t20-,21+/m0/s1. The summed E-state index contributed by atoms with van der Waals surface area (Å²) in [6.45, 7) is 9.32. The van der Waals surface area contributed by atoms with Gasteiger partial charge in [-0.05, 0) is 62.4 Å². The number of amides is 2. The van der Waals surface area contributed by atoms with E-state index >= 15 is 0 Å². The minimum absolute atomic E-state index is 0.0324. The summed E-state index contributed by atoms with van der Waals surface area (Å²) in [4.78, 5) is 27.9. The van der Waals surface area contributed by atoms with Crippen molar-refractivity contribution in [3.05, 3.63) is 65.2 Å². The van der Waals surface area contributed by atoms with Gasteiger partial charge in [0.15, 0.2) is 0 Å². The van der Waals surface area contributed by atoms with Crippen molar-refractivity contribution >= 4 is 27.5 Å². The molecule has 0 saturated heterocycles. The molecule has 34 heavy (non-hydrogen) atoms. The maximum Gasteiger partial charge on any atom is 0.244 e. The van der Waals surface area contributed by atoms with Crippen molar-refractivity contribution in [3.63, 3.8) is 0 Å². The number of hydrogen-bond donors (Lipinski definition) is 1. The van der Waals surface area contributed by atoms with Crippen LogP contribution in [-0.2, 0) is 32.6 Å². The summed E-state index contributed by atoms with van der Waals surface area (Å²) in [5.41, 5.74) is 3.38. The van der Waals surface area contributed by atoms with Gasteiger partial charge < -0.3 is 10.2 Å². The van der Waals surface area contributed by atoms with E-state index in [1.54, 1.807) is 19.1 Å². The smallest absolute Gasteiger partial charge is 0.244 e. The minimum atomic E-state index is -3.73. The molecule has 2 amide bonds. The van der Waals surface area contributed by atoms with E-state index in [1.165, 1.54) is 4.90 Å². The number of sulfonamides is 1. The third-order valence-corrected chi connectivity index (χ3v) is 7.22. The highest BCUT2D eigenvalue weighted by atomic mass is 32.2. The highest BCUT2D eigenvalue weighted by Crippen LogP contribution is 2.20. The van der Waals surface area contributed by atoms with Crippen LogP contribution < -0.4 is 9.62 Å². The number of hydrogen-bond acceptors (Lipinski definition) is 4. The van der Waals surface area contributed by atoms with Crippen molar-refractivity contribution in [2.45, 2.75) is 66.1 Å². The lowest BCUT2D eigenvalue weighted by Gasteiger charge is -2.32. The van der Waals surface area contributed by atoms with Crippen LogP contribution in [0.15, 0.2) is 48.5 Å². The van der Waals surface area contributed by atoms with Crippen LogP contribution >= 0.6 is 0 Å². The third-order valence-electron chi connectivity index (χ3n) is 6.08. The largest absolute Gasteiger partial charge is 0.352 e. The average molecular weight is 488 g/mol. The Morgan fingerprint density at radius 3 is 2.15 bits per heavy atom. The molecule has 0 aliphatic heterocycles. The fourth-order valence-electron chi connectivity index (χ4n) is 3.53. The molecule has 0 radical (unpaired) electrons. The van der Waals surface area contributed by atoms with Gasteiger partial charge in [0.25, 0.3) is 0 Å². The van der Waals surface area contributed by atoms with Crippen LogP contribution in [0.25, 0.3) is 0 Å². The Kier molecular flexibility index (Phi) is 9.67. The zero-order chi connectivity index (χ0) is 25.5. The molecule has 2 atom stereocenters. The van der Waals surface area contributed by atoms with Crippen LogP contribution in [0.2, 0.25) is 0 Å². The van der Waals surface area contributed by atoms with Crippen LogP contribution in [0.5, 0.6) is 0 Å². The molecular weight excluding hydrogens is 450 g/mol. The Bertz CT molecular complexity index is 1080. The Morgan fingerprint density at radius 1 is 1.00 bits per heavy atom. The van der Waals surface area contributed by atoms with Gasteiger partial charge in [0, 0.05) is 12.6 Å². The molecule has 0 unspecified atom stereocenters. The summed E-state index contributed by atoms with van der Waals surface area (Å²) in [5, 5.41) is 2.93. The molecule has 0 bridgehead atoms. The molecule has 7 nitrogen and oxygen atoms in total. The first-order valence-electron chi connectivity index (χ1n) is 11.7. The minimum Gasteiger partial charge on any atom is -0.352 e. The zero-order valence-electron chi connectivity index (χ0n) is 21.0. The fraction of sp³-hybridized carbons (Fsp3) is 0.462. The van der Waals surface area contributed by atoms with E-state index < -0.39 is 28.5 Å². The Balaban J connectivity index is 2.39. The number of carbonyl (C=O) groups is 2. The highest BCUT2D eigenvalue weighted by Gasteiger charge is 2.30. The lowest BCUT2D eigenvalue weighted by atomic mass is 10.1. The van der Waals surface area contributed by atoms with Crippen molar-refractivity contribution in [2.24, 2.45) is 0 Å². The topological polar surface area (TPSA) is 86.8 Å². The summed E-state index contributed by atoms with van der Waals surface area (Å²) >= 11 is 0. The summed E-state index contributed by atoms with van der Waals surface area (Å²) in [6.07, 6.45) is 2.67. The second-order valence-corrected chi connectivity index (χ2v) is 10.6. The van der Waals surface area contributed by atoms with Crippen molar-refractivity contribution in [1.29, 1.82) is 0 Å². The number of carbonyl (C=O) groups excluding carboxylic acids is 2. The Morgan fingerprint density at radius 2 is 1.62 bits per heavy atom. The quantitative estimate of drug-likeness (QED) is 0.524. The Hall–Kier alpha value is -2.87. The number of aryl methyl sites for hydroxylation is 2. The van der Waals surface area contributed by atoms with Crippen LogP contribution in [-0.4, -0.2) is 50.0 Å².